The second-order valence-electron chi connectivity index (χ2n) is 7.27. The molecule has 0 saturated carbocycles. The minimum atomic E-state index is -0.0487. The number of fused-ring (bicyclic) bond motifs is 1. The van der Waals surface area contributed by atoms with Crippen LogP contribution in [0.2, 0.25) is 5.02 Å². The summed E-state index contributed by atoms with van der Waals surface area (Å²) >= 11 is 5.85. The van der Waals surface area contributed by atoms with Gasteiger partial charge in [0.1, 0.15) is 5.75 Å². The maximum absolute atomic E-state index is 13.0. The molecule has 2 aromatic carbocycles. The topological polar surface area (TPSA) is 49.9 Å². The van der Waals surface area contributed by atoms with Crippen LogP contribution in [0.1, 0.15) is 18.4 Å². The summed E-state index contributed by atoms with van der Waals surface area (Å²) in [6, 6.07) is 15.1. The normalized spacial score (nSPS) is 16.8. The van der Waals surface area contributed by atoms with Gasteiger partial charge in [0.15, 0.2) is 6.61 Å². The van der Waals surface area contributed by atoms with Gasteiger partial charge in [-0.2, -0.15) is 0 Å². The fourth-order valence-corrected chi connectivity index (χ4v) is 4.06. The number of nitrogens with zero attached hydrogens (tertiary/aromatic N) is 2. The number of hydrogen-bond acceptors (Lipinski definition) is 3. The molecule has 2 aromatic rings. The van der Waals surface area contributed by atoms with Crippen LogP contribution in [0.4, 0.5) is 5.69 Å². The third-order valence-corrected chi connectivity index (χ3v) is 5.78. The van der Waals surface area contributed by atoms with E-state index in [1.807, 2.05) is 23.1 Å². The van der Waals surface area contributed by atoms with Gasteiger partial charge in [-0.05, 0) is 55.2 Å². The molecule has 6 heteroatoms. The van der Waals surface area contributed by atoms with Crippen molar-refractivity contribution in [2.45, 2.75) is 19.3 Å². The summed E-state index contributed by atoms with van der Waals surface area (Å²) in [7, 11) is 0. The van der Waals surface area contributed by atoms with E-state index in [0.717, 1.165) is 18.7 Å². The summed E-state index contributed by atoms with van der Waals surface area (Å²) < 4.78 is 5.55. The maximum atomic E-state index is 13.0. The Balaban J connectivity index is 1.28. The smallest absolute Gasteiger partial charge is 0.260 e. The number of ether oxygens (including phenoxy) is 1. The monoisotopic (exact) mass is 398 g/mol. The zero-order valence-electron chi connectivity index (χ0n) is 15.6. The summed E-state index contributed by atoms with van der Waals surface area (Å²) in [5.41, 5.74) is 2.28. The minimum Gasteiger partial charge on any atom is -0.484 e. The first-order valence-corrected chi connectivity index (χ1v) is 10.0. The van der Waals surface area contributed by atoms with Crippen LogP contribution in [-0.2, 0) is 16.0 Å². The zero-order valence-corrected chi connectivity index (χ0v) is 16.4. The lowest BCUT2D eigenvalue weighted by molar-refractivity contribution is -0.136. The SMILES string of the molecule is O=C(COc1ccc(Cl)cc1)N1CCC(C(=O)N2CCc3ccccc32)CC1. The highest BCUT2D eigenvalue weighted by Gasteiger charge is 2.33. The number of piperidine rings is 1. The highest BCUT2D eigenvalue weighted by atomic mass is 35.5. The van der Waals surface area contributed by atoms with Crippen LogP contribution >= 0.6 is 11.6 Å². The molecule has 0 radical (unpaired) electrons. The molecule has 0 aliphatic carbocycles. The van der Waals surface area contributed by atoms with Crippen molar-refractivity contribution in [2.75, 3.05) is 31.1 Å². The number of anilines is 1. The summed E-state index contributed by atoms with van der Waals surface area (Å²) in [6.45, 7) is 1.94. The second-order valence-corrected chi connectivity index (χ2v) is 7.70. The Morgan fingerprint density at radius 2 is 1.71 bits per heavy atom. The van der Waals surface area contributed by atoms with Gasteiger partial charge >= 0.3 is 0 Å². The molecule has 1 fully saturated rings. The number of hydrogen-bond donors (Lipinski definition) is 0. The Bertz CT molecular complexity index is 860. The van der Waals surface area contributed by atoms with Crippen molar-refractivity contribution >= 4 is 29.1 Å². The zero-order chi connectivity index (χ0) is 19.5. The molecule has 146 valence electrons. The average molecular weight is 399 g/mol. The molecule has 2 aliphatic rings. The molecule has 4 rings (SSSR count). The fourth-order valence-electron chi connectivity index (χ4n) is 3.93. The molecule has 0 aromatic heterocycles. The van der Waals surface area contributed by atoms with Gasteiger partial charge in [0.25, 0.3) is 5.91 Å². The van der Waals surface area contributed by atoms with E-state index in [4.69, 9.17) is 16.3 Å². The lowest BCUT2D eigenvalue weighted by atomic mass is 9.95. The molecule has 1 saturated heterocycles. The number of para-hydroxylation sites is 1. The molecular formula is C22H23ClN2O3. The predicted octanol–water partition coefficient (Wildman–Crippen LogP) is 3.55. The molecule has 0 bridgehead atoms. The van der Waals surface area contributed by atoms with Crippen LogP contribution in [0.15, 0.2) is 48.5 Å². The molecule has 0 spiro atoms. The molecule has 0 atom stereocenters. The average Bonchev–Trinajstić information content (AvgIpc) is 3.17. The van der Waals surface area contributed by atoms with Crippen LogP contribution in [0.5, 0.6) is 5.75 Å². The molecule has 28 heavy (non-hydrogen) atoms. The predicted molar refractivity (Wildman–Crippen MR) is 109 cm³/mol. The number of likely N-dealkylation sites (tertiary alicyclic amines) is 1. The summed E-state index contributed by atoms with van der Waals surface area (Å²) in [4.78, 5) is 29.1. The van der Waals surface area contributed by atoms with Gasteiger partial charge in [-0.25, -0.2) is 0 Å². The summed E-state index contributed by atoms with van der Waals surface area (Å²) in [5.74, 6) is 0.740. The Hall–Kier alpha value is -2.53. The first-order valence-electron chi connectivity index (χ1n) is 9.67. The van der Waals surface area contributed by atoms with Gasteiger partial charge in [0.05, 0.1) is 0 Å². The van der Waals surface area contributed by atoms with Crippen LogP contribution in [0.3, 0.4) is 0 Å². The number of amides is 2. The molecule has 2 heterocycles. The molecule has 5 nitrogen and oxygen atoms in total. The number of halogens is 1. The van der Waals surface area contributed by atoms with Crippen molar-refractivity contribution in [1.29, 1.82) is 0 Å². The van der Waals surface area contributed by atoms with Crippen LogP contribution in [0, 0.1) is 5.92 Å². The van der Waals surface area contributed by atoms with E-state index in [2.05, 4.69) is 6.07 Å². The third-order valence-electron chi connectivity index (χ3n) is 5.53. The van der Waals surface area contributed by atoms with Crippen molar-refractivity contribution in [2.24, 2.45) is 5.92 Å². The Labute approximate surface area is 169 Å². The summed E-state index contributed by atoms with van der Waals surface area (Å²) in [6.07, 6.45) is 2.32. The quantitative estimate of drug-likeness (QED) is 0.791. The third kappa shape index (κ3) is 3.99. The molecule has 0 N–H and O–H groups in total. The second kappa shape index (κ2) is 8.23. The van der Waals surface area contributed by atoms with E-state index in [9.17, 15) is 9.59 Å². The lowest BCUT2D eigenvalue weighted by Crippen LogP contribution is -2.45. The van der Waals surface area contributed by atoms with Gasteiger partial charge in [0, 0.05) is 36.3 Å². The van der Waals surface area contributed by atoms with Crippen LogP contribution < -0.4 is 9.64 Å². The number of carbonyl (C=O) groups excluding carboxylic acids is 2. The van der Waals surface area contributed by atoms with Crippen molar-refractivity contribution in [1.82, 2.24) is 4.90 Å². The largest absolute Gasteiger partial charge is 0.484 e. The van der Waals surface area contributed by atoms with Crippen molar-refractivity contribution < 1.29 is 14.3 Å². The van der Waals surface area contributed by atoms with E-state index in [0.29, 0.717) is 36.7 Å². The molecule has 0 unspecified atom stereocenters. The highest BCUT2D eigenvalue weighted by Crippen LogP contribution is 2.31. The van der Waals surface area contributed by atoms with E-state index >= 15 is 0 Å². The molecule has 2 aliphatic heterocycles. The number of rotatable bonds is 4. The van der Waals surface area contributed by atoms with Gasteiger partial charge in [-0.1, -0.05) is 29.8 Å². The van der Waals surface area contributed by atoms with Gasteiger partial charge < -0.3 is 14.5 Å². The van der Waals surface area contributed by atoms with Crippen molar-refractivity contribution in [3.63, 3.8) is 0 Å². The molecular weight excluding hydrogens is 376 g/mol. The lowest BCUT2D eigenvalue weighted by Gasteiger charge is -2.33. The molecule has 2 amide bonds. The number of carbonyl (C=O) groups is 2. The highest BCUT2D eigenvalue weighted by molar-refractivity contribution is 6.30. The van der Waals surface area contributed by atoms with E-state index in [-0.39, 0.29) is 24.3 Å². The fraction of sp³-hybridized carbons (Fsp3) is 0.364. The standard InChI is InChI=1S/C22H23ClN2O3/c23-18-5-7-19(8-6-18)28-15-21(26)24-12-9-17(10-13-24)22(27)25-14-11-16-3-1-2-4-20(16)25/h1-8,17H,9-15H2. The Morgan fingerprint density at radius 3 is 2.46 bits per heavy atom. The maximum Gasteiger partial charge on any atom is 0.260 e. The van der Waals surface area contributed by atoms with Gasteiger partial charge in [-0.15, -0.1) is 0 Å². The number of benzene rings is 2. The van der Waals surface area contributed by atoms with E-state index in [1.54, 1.807) is 29.2 Å². The van der Waals surface area contributed by atoms with E-state index in [1.165, 1.54) is 5.56 Å². The minimum absolute atomic E-state index is 0.000252. The first-order chi connectivity index (χ1) is 13.6. The van der Waals surface area contributed by atoms with Gasteiger partial charge in [-0.3, -0.25) is 9.59 Å². The van der Waals surface area contributed by atoms with E-state index < -0.39 is 0 Å². The van der Waals surface area contributed by atoms with Crippen LogP contribution in [0.25, 0.3) is 0 Å². The Morgan fingerprint density at radius 1 is 1.00 bits per heavy atom. The first kappa shape index (κ1) is 18.8. The van der Waals surface area contributed by atoms with Gasteiger partial charge in [0.2, 0.25) is 5.91 Å². The van der Waals surface area contributed by atoms with Crippen molar-refractivity contribution in [3.05, 3.63) is 59.1 Å². The van der Waals surface area contributed by atoms with Crippen molar-refractivity contribution in [3.8, 4) is 5.75 Å². The van der Waals surface area contributed by atoms with Crippen LogP contribution in [-0.4, -0.2) is 43.0 Å². The Kier molecular flexibility index (Phi) is 5.53. The summed E-state index contributed by atoms with van der Waals surface area (Å²) in [5, 5.41) is 0.631.